The van der Waals surface area contributed by atoms with Gasteiger partial charge in [0.15, 0.2) is 0 Å². The van der Waals surface area contributed by atoms with Gasteiger partial charge in [-0.2, -0.15) is 0 Å². The van der Waals surface area contributed by atoms with Gasteiger partial charge in [0.2, 0.25) is 0 Å². The zero-order valence-electron chi connectivity index (χ0n) is 12.6. The van der Waals surface area contributed by atoms with Crippen LogP contribution in [0.15, 0.2) is 35.9 Å². The van der Waals surface area contributed by atoms with E-state index in [2.05, 4.69) is 54.2 Å². The third-order valence-electron chi connectivity index (χ3n) is 5.07. The van der Waals surface area contributed by atoms with Crippen LogP contribution in [0.2, 0.25) is 0 Å². The molecule has 2 aliphatic rings. The number of aliphatic hydroxyl groups is 1. The summed E-state index contributed by atoms with van der Waals surface area (Å²) in [5.41, 5.74) is 4.08. The number of fused-ring (bicyclic) bond motifs is 3. The Balaban J connectivity index is 2.06. The summed E-state index contributed by atoms with van der Waals surface area (Å²) in [5, 5.41) is 9.26. The highest BCUT2D eigenvalue weighted by molar-refractivity contribution is 5.64. The van der Waals surface area contributed by atoms with Crippen LogP contribution < -0.4 is 4.90 Å². The van der Waals surface area contributed by atoms with Crippen LogP contribution in [0, 0.1) is 0 Å². The Kier molecular flexibility index (Phi) is 3.35. The van der Waals surface area contributed by atoms with E-state index < -0.39 is 0 Å². The number of likely N-dealkylation sites (N-methyl/N-ethyl adjacent to an activating group) is 2. The topological polar surface area (TPSA) is 26.7 Å². The van der Waals surface area contributed by atoms with Crippen molar-refractivity contribution in [1.82, 2.24) is 4.90 Å². The molecule has 0 bridgehead atoms. The lowest BCUT2D eigenvalue weighted by Gasteiger charge is -2.34. The highest BCUT2D eigenvalue weighted by atomic mass is 16.3. The molecular formula is C17H24N2O. The lowest BCUT2D eigenvalue weighted by Crippen LogP contribution is -2.46. The molecule has 2 unspecified atom stereocenters. The zero-order chi connectivity index (χ0) is 14.3. The molecule has 0 aliphatic carbocycles. The molecule has 1 fully saturated rings. The first kappa shape index (κ1) is 13.7. The monoisotopic (exact) mass is 272 g/mol. The molecular weight excluding hydrogens is 248 g/mol. The van der Waals surface area contributed by atoms with Crippen molar-refractivity contribution in [1.29, 1.82) is 0 Å². The van der Waals surface area contributed by atoms with E-state index in [0.717, 1.165) is 18.5 Å². The van der Waals surface area contributed by atoms with Gasteiger partial charge in [-0.25, -0.2) is 0 Å². The Bertz CT molecular complexity index is 540. The van der Waals surface area contributed by atoms with Gasteiger partial charge in [0.05, 0.1) is 12.8 Å². The second kappa shape index (κ2) is 4.90. The Morgan fingerprint density at radius 3 is 2.90 bits per heavy atom. The summed E-state index contributed by atoms with van der Waals surface area (Å²) < 4.78 is 0. The van der Waals surface area contributed by atoms with Gasteiger partial charge in [-0.15, -0.1) is 0 Å². The Morgan fingerprint density at radius 1 is 1.40 bits per heavy atom. The molecule has 2 heterocycles. The average molecular weight is 272 g/mol. The predicted molar refractivity (Wildman–Crippen MR) is 83.0 cm³/mol. The molecule has 0 aromatic heterocycles. The van der Waals surface area contributed by atoms with Gasteiger partial charge in [0.25, 0.3) is 0 Å². The van der Waals surface area contributed by atoms with Gasteiger partial charge in [-0.3, -0.25) is 4.90 Å². The Morgan fingerprint density at radius 2 is 2.15 bits per heavy atom. The van der Waals surface area contributed by atoms with Crippen LogP contribution in [0.4, 0.5) is 5.69 Å². The van der Waals surface area contributed by atoms with Crippen LogP contribution in [-0.4, -0.2) is 43.4 Å². The molecule has 0 spiro atoms. The van der Waals surface area contributed by atoms with E-state index in [4.69, 9.17) is 0 Å². The molecule has 108 valence electrons. The molecule has 3 rings (SSSR count). The van der Waals surface area contributed by atoms with Gasteiger partial charge in [-0.05, 0) is 38.4 Å². The SMILES string of the molecule is CC(=CCC12CCN(C)C1N(C)c1ccccc12)CO. The van der Waals surface area contributed by atoms with E-state index >= 15 is 0 Å². The second-order valence-corrected chi connectivity index (χ2v) is 6.30. The van der Waals surface area contributed by atoms with Crippen LogP contribution in [0.25, 0.3) is 0 Å². The summed E-state index contributed by atoms with van der Waals surface area (Å²) in [6.07, 6.45) is 4.85. The molecule has 1 aromatic carbocycles. The Hall–Kier alpha value is -1.32. The lowest BCUT2D eigenvalue weighted by molar-refractivity contribution is 0.257. The number of nitrogens with zero attached hydrogens (tertiary/aromatic N) is 2. The van der Waals surface area contributed by atoms with Gasteiger partial charge in [-0.1, -0.05) is 29.8 Å². The van der Waals surface area contributed by atoms with Crippen molar-refractivity contribution in [3.63, 3.8) is 0 Å². The Labute approximate surface area is 121 Å². The summed E-state index contributed by atoms with van der Waals surface area (Å²) in [6.45, 7) is 3.30. The lowest BCUT2D eigenvalue weighted by atomic mass is 9.76. The summed E-state index contributed by atoms with van der Waals surface area (Å²) in [4.78, 5) is 4.88. The number of benzene rings is 1. The van der Waals surface area contributed by atoms with E-state index in [0.29, 0.717) is 6.17 Å². The summed E-state index contributed by atoms with van der Waals surface area (Å²) >= 11 is 0. The maximum Gasteiger partial charge on any atom is 0.0917 e. The largest absolute Gasteiger partial charge is 0.392 e. The van der Waals surface area contributed by atoms with Gasteiger partial charge in [0.1, 0.15) is 0 Å². The number of allylic oxidation sites excluding steroid dienone is 1. The molecule has 2 aliphatic heterocycles. The number of rotatable bonds is 3. The maximum atomic E-state index is 9.26. The van der Waals surface area contributed by atoms with Crippen molar-refractivity contribution in [2.75, 3.05) is 32.1 Å². The van der Waals surface area contributed by atoms with Crippen molar-refractivity contribution in [3.05, 3.63) is 41.5 Å². The summed E-state index contributed by atoms with van der Waals surface area (Å²) in [6, 6.07) is 8.79. The van der Waals surface area contributed by atoms with E-state index in [-0.39, 0.29) is 12.0 Å². The van der Waals surface area contributed by atoms with E-state index in [9.17, 15) is 5.11 Å². The number of para-hydroxylation sites is 1. The van der Waals surface area contributed by atoms with E-state index in [1.54, 1.807) is 0 Å². The first-order chi connectivity index (χ1) is 9.60. The van der Waals surface area contributed by atoms with Crippen LogP contribution in [0.1, 0.15) is 25.3 Å². The first-order valence-electron chi connectivity index (χ1n) is 7.39. The molecule has 1 aromatic rings. The molecule has 20 heavy (non-hydrogen) atoms. The minimum absolute atomic E-state index is 0.161. The smallest absolute Gasteiger partial charge is 0.0917 e. The van der Waals surface area contributed by atoms with Gasteiger partial charge in [0, 0.05) is 24.7 Å². The molecule has 3 heteroatoms. The average Bonchev–Trinajstić information content (AvgIpc) is 2.93. The van der Waals surface area contributed by atoms with Crippen molar-refractivity contribution in [2.24, 2.45) is 0 Å². The van der Waals surface area contributed by atoms with E-state index in [1.165, 1.54) is 17.7 Å². The molecule has 3 nitrogen and oxygen atoms in total. The molecule has 1 saturated heterocycles. The van der Waals surface area contributed by atoms with Crippen LogP contribution in [-0.2, 0) is 5.41 Å². The summed E-state index contributed by atoms with van der Waals surface area (Å²) in [7, 11) is 4.42. The quantitative estimate of drug-likeness (QED) is 0.856. The molecule has 0 saturated carbocycles. The van der Waals surface area contributed by atoms with Crippen molar-refractivity contribution < 1.29 is 5.11 Å². The fourth-order valence-electron chi connectivity index (χ4n) is 4.06. The molecule has 2 atom stereocenters. The highest BCUT2D eigenvalue weighted by Gasteiger charge is 2.54. The van der Waals surface area contributed by atoms with Crippen molar-refractivity contribution >= 4 is 5.69 Å². The minimum atomic E-state index is 0.161. The number of likely N-dealkylation sites (tertiary alicyclic amines) is 1. The normalized spacial score (nSPS) is 29.7. The van der Waals surface area contributed by atoms with Crippen LogP contribution in [0.5, 0.6) is 0 Å². The molecule has 0 amide bonds. The number of aliphatic hydroxyl groups excluding tert-OH is 1. The standard InChI is InChI=1S/C17H24N2O/c1-13(12-20)8-9-17-10-11-18(2)16(17)19(3)15-7-5-4-6-14(15)17/h4-8,16,20H,9-12H2,1-3H3. The van der Waals surface area contributed by atoms with Gasteiger partial charge >= 0.3 is 0 Å². The maximum absolute atomic E-state index is 9.26. The fraction of sp³-hybridized carbons (Fsp3) is 0.529. The van der Waals surface area contributed by atoms with Crippen LogP contribution in [0.3, 0.4) is 0 Å². The highest BCUT2D eigenvalue weighted by Crippen LogP contribution is 2.53. The molecule has 1 N–H and O–H groups in total. The molecule has 0 radical (unpaired) electrons. The number of hydrogen-bond donors (Lipinski definition) is 1. The van der Waals surface area contributed by atoms with Crippen LogP contribution >= 0.6 is 0 Å². The minimum Gasteiger partial charge on any atom is -0.392 e. The number of hydrogen-bond acceptors (Lipinski definition) is 3. The first-order valence-corrected chi connectivity index (χ1v) is 7.39. The second-order valence-electron chi connectivity index (χ2n) is 6.30. The fourth-order valence-corrected chi connectivity index (χ4v) is 4.06. The summed E-state index contributed by atoms with van der Waals surface area (Å²) in [5.74, 6) is 0. The van der Waals surface area contributed by atoms with Crippen molar-refractivity contribution in [3.8, 4) is 0 Å². The van der Waals surface area contributed by atoms with Gasteiger partial charge < -0.3 is 10.0 Å². The third-order valence-corrected chi connectivity index (χ3v) is 5.07. The number of anilines is 1. The third kappa shape index (κ3) is 1.80. The van der Waals surface area contributed by atoms with E-state index in [1.807, 2.05) is 6.92 Å². The predicted octanol–water partition coefficient (Wildman–Crippen LogP) is 2.36. The zero-order valence-corrected chi connectivity index (χ0v) is 12.6. The van der Waals surface area contributed by atoms with Crippen molar-refractivity contribution in [2.45, 2.75) is 31.3 Å².